The highest BCUT2D eigenvalue weighted by atomic mass is 32.1. The van der Waals surface area contributed by atoms with Gasteiger partial charge in [0.05, 0.1) is 12.1 Å². The molecule has 1 aliphatic rings. The molecule has 104 valence electrons. The summed E-state index contributed by atoms with van der Waals surface area (Å²) in [5, 5.41) is 14.9. The molecule has 0 fully saturated rings. The number of nitrogens with one attached hydrogen (secondary N) is 1. The van der Waals surface area contributed by atoms with E-state index in [0.717, 1.165) is 16.0 Å². The molecule has 0 saturated heterocycles. The van der Waals surface area contributed by atoms with Crippen LogP contribution in [0.15, 0.2) is 41.8 Å². The summed E-state index contributed by atoms with van der Waals surface area (Å²) >= 11 is 1.46. The SMILES string of the molecule is NC(C(=O)N[C@@H]1c2ccccc2C[C@@H]1O)c1cccs1. The van der Waals surface area contributed by atoms with Gasteiger partial charge in [-0.1, -0.05) is 30.3 Å². The van der Waals surface area contributed by atoms with E-state index in [1.165, 1.54) is 11.3 Å². The maximum Gasteiger partial charge on any atom is 0.242 e. The lowest BCUT2D eigenvalue weighted by Crippen LogP contribution is -2.39. The number of nitrogens with two attached hydrogens (primary N) is 1. The Kier molecular flexibility index (Phi) is 3.56. The number of fused-ring (bicyclic) bond motifs is 1. The van der Waals surface area contributed by atoms with Crippen LogP contribution in [-0.2, 0) is 11.2 Å². The fourth-order valence-electron chi connectivity index (χ4n) is 2.59. The van der Waals surface area contributed by atoms with E-state index in [1.807, 2.05) is 41.8 Å². The van der Waals surface area contributed by atoms with E-state index in [-0.39, 0.29) is 11.9 Å². The van der Waals surface area contributed by atoms with Crippen LogP contribution in [0.2, 0.25) is 0 Å². The number of aliphatic hydroxyl groups excluding tert-OH is 1. The van der Waals surface area contributed by atoms with E-state index in [4.69, 9.17) is 5.73 Å². The van der Waals surface area contributed by atoms with Crippen LogP contribution < -0.4 is 11.1 Å². The lowest BCUT2D eigenvalue weighted by Gasteiger charge is -2.20. The molecule has 1 unspecified atom stereocenters. The molecule has 20 heavy (non-hydrogen) atoms. The Morgan fingerprint density at radius 2 is 2.15 bits per heavy atom. The van der Waals surface area contributed by atoms with Gasteiger partial charge in [0.2, 0.25) is 5.91 Å². The molecule has 1 aromatic carbocycles. The van der Waals surface area contributed by atoms with Gasteiger partial charge in [0.15, 0.2) is 0 Å². The van der Waals surface area contributed by atoms with Gasteiger partial charge >= 0.3 is 0 Å². The quantitative estimate of drug-likeness (QED) is 0.801. The van der Waals surface area contributed by atoms with Crippen molar-refractivity contribution in [2.75, 3.05) is 0 Å². The molecule has 5 heteroatoms. The second-order valence-electron chi connectivity index (χ2n) is 4.95. The molecule has 2 aromatic rings. The Balaban J connectivity index is 1.76. The second-order valence-corrected chi connectivity index (χ2v) is 5.93. The lowest BCUT2D eigenvalue weighted by atomic mass is 10.1. The molecule has 0 aliphatic heterocycles. The largest absolute Gasteiger partial charge is 0.390 e. The number of hydrogen-bond acceptors (Lipinski definition) is 4. The summed E-state index contributed by atoms with van der Waals surface area (Å²) in [6.45, 7) is 0. The van der Waals surface area contributed by atoms with Crippen molar-refractivity contribution >= 4 is 17.2 Å². The number of carbonyl (C=O) groups is 1. The van der Waals surface area contributed by atoms with Crippen LogP contribution in [0, 0.1) is 0 Å². The first kappa shape index (κ1) is 13.3. The van der Waals surface area contributed by atoms with E-state index < -0.39 is 12.1 Å². The molecule has 3 rings (SSSR count). The minimum atomic E-state index is -0.685. The van der Waals surface area contributed by atoms with Gasteiger partial charge in [-0.15, -0.1) is 11.3 Å². The van der Waals surface area contributed by atoms with Crippen LogP contribution in [0.1, 0.15) is 28.1 Å². The fourth-order valence-corrected chi connectivity index (χ4v) is 3.31. The highest BCUT2D eigenvalue weighted by Gasteiger charge is 2.33. The van der Waals surface area contributed by atoms with Crippen molar-refractivity contribution in [3.63, 3.8) is 0 Å². The van der Waals surface area contributed by atoms with Gasteiger partial charge in [-0.2, -0.15) is 0 Å². The van der Waals surface area contributed by atoms with Gasteiger partial charge in [0.1, 0.15) is 6.04 Å². The third-order valence-corrected chi connectivity index (χ3v) is 4.59. The van der Waals surface area contributed by atoms with Gasteiger partial charge in [0.25, 0.3) is 0 Å². The summed E-state index contributed by atoms with van der Waals surface area (Å²) in [6.07, 6.45) is -0.0260. The average Bonchev–Trinajstić information content (AvgIpc) is 3.07. The molecule has 1 heterocycles. The van der Waals surface area contributed by atoms with E-state index in [0.29, 0.717) is 6.42 Å². The van der Waals surface area contributed by atoms with Crippen molar-refractivity contribution in [1.82, 2.24) is 5.32 Å². The second kappa shape index (κ2) is 5.36. The monoisotopic (exact) mass is 288 g/mol. The Labute approximate surface area is 121 Å². The molecule has 0 saturated carbocycles. The number of amides is 1. The van der Waals surface area contributed by atoms with Crippen LogP contribution in [0.25, 0.3) is 0 Å². The van der Waals surface area contributed by atoms with Gasteiger partial charge in [-0.05, 0) is 22.6 Å². The number of carbonyl (C=O) groups excluding carboxylic acids is 1. The van der Waals surface area contributed by atoms with Crippen molar-refractivity contribution in [3.8, 4) is 0 Å². The first-order valence-corrected chi connectivity index (χ1v) is 7.40. The molecule has 0 radical (unpaired) electrons. The van der Waals surface area contributed by atoms with Crippen molar-refractivity contribution in [2.45, 2.75) is 24.6 Å². The van der Waals surface area contributed by atoms with Crippen molar-refractivity contribution < 1.29 is 9.90 Å². The number of thiophene rings is 1. The maximum absolute atomic E-state index is 12.2. The van der Waals surface area contributed by atoms with Gasteiger partial charge < -0.3 is 16.2 Å². The first-order chi connectivity index (χ1) is 9.66. The smallest absolute Gasteiger partial charge is 0.242 e. The Morgan fingerprint density at radius 3 is 2.90 bits per heavy atom. The predicted octanol–water partition coefficient (Wildman–Crippen LogP) is 1.52. The van der Waals surface area contributed by atoms with Crippen LogP contribution in [-0.4, -0.2) is 17.1 Å². The van der Waals surface area contributed by atoms with Crippen LogP contribution in [0.5, 0.6) is 0 Å². The van der Waals surface area contributed by atoms with Crippen molar-refractivity contribution in [2.24, 2.45) is 5.73 Å². The number of aliphatic hydroxyl groups is 1. The normalized spacial score (nSPS) is 22.3. The number of benzene rings is 1. The summed E-state index contributed by atoms with van der Waals surface area (Å²) in [7, 11) is 0. The summed E-state index contributed by atoms with van der Waals surface area (Å²) in [4.78, 5) is 13.0. The van der Waals surface area contributed by atoms with Crippen LogP contribution >= 0.6 is 11.3 Å². The molecule has 4 N–H and O–H groups in total. The lowest BCUT2D eigenvalue weighted by molar-refractivity contribution is -0.123. The van der Waals surface area contributed by atoms with E-state index in [1.54, 1.807) is 0 Å². The molecule has 1 aliphatic carbocycles. The number of hydrogen-bond donors (Lipinski definition) is 3. The zero-order valence-corrected chi connectivity index (χ0v) is 11.6. The van der Waals surface area contributed by atoms with Crippen LogP contribution in [0.4, 0.5) is 0 Å². The molecule has 0 bridgehead atoms. The molecule has 0 spiro atoms. The Hall–Kier alpha value is -1.69. The van der Waals surface area contributed by atoms with Gasteiger partial charge in [0, 0.05) is 11.3 Å². The number of rotatable bonds is 3. The third-order valence-electron chi connectivity index (χ3n) is 3.63. The van der Waals surface area contributed by atoms with Crippen molar-refractivity contribution in [1.29, 1.82) is 0 Å². The standard InChI is InChI=1S/C15H16N2O2S/c16-13(12-6-3-7-20-12)15(19)17-14-10-5-2-1-4-9(10)8-11(14)18/h1-7,11,13-14,18H,8,16H2,(H,17,19)/t11-,13?,14+/m0/s1. The summed E-state index contributed by atoms with van der Waals surface area (Å²) in [5.41, 5.74) is 8.00. The summed E-state index contributed by atoms with van der Waals surface area (Å²) in [5.74, 6) is -0.256. The van der Waals surface area contributed by atoms with Gasteiger partial charge in [-0.3, -0.25) is 4.79 Å². The van der Waals surface area contributed by atoms with E-state index in [9.17, 15) is 9.90 Å². The molecular formula is C15H16N2O2S. The minimum absolute atomic E-state index is 0.256. The molecular weight excluding hydrogens is 272 g/mol. The minimum Gasteiger partial charge on any atom is -0.390 e. The molecule has 3 atom stereocenters. The van der Waals surface area contributed by atoms with Crippen LogP contribution in [0.3, 0.4) is 0 Å². The van der Waals surface area contributed by atoms with E-state index in [2.05, 4.69) is 5.32 Å². The topological polar surface area (TPSA) is 75.4 Å². The van der Waals surface area contributed by atoms with Crippen molar-refractivity contribution in [3.05, 3.63) is 57.8 Å². The summed E-state index contributed by atoms with van der Waals surface area (Å²) in [6, 6.07) is 10.4. The predicted molar refractivity (Wildman–Crippen MR) is 78.3 cm³/mol. The maximum atomic E-state index is 12.2. The zero-order valence-electron chi connectivity index (χ0n) is 10.8. The summed E-state index contributed by atoms with van der Waals surface area (Å²) < 4.78 is 0. The highest BCUT2D eigenvalue weighted by Crippen LogP contribution is 2.31. The third kappa shape index (κ3) is 2.35. The highest BCUT2D eigenvalue weighted by molar-refractivity contribution is 7.10. The Bertz CT molecular complexity index is 612. The Morgan fingerprint density at radius 1 is 1.35 bits per heavy atom. The average molecular weight is 288 g/mol. The fraction of sp³-hybridized carbons (Fsp3) is 0.267. The first-order valence-electron chi connectivity index (χ1n) is 6.52. The molecule has 4 nitrogen and oxygen atoms in total. The molecule has 1 amide bonds. The zero-order chi connectivity index (χ0) is 14.1. The van der Waals surface area contributed by atoms with Gasteiger partial charge in [-0.25, -0.2) is 0 Å². The molecule has 1 aromatic heterocycles. The van der Waals surface area contributed by atoms with E-state index >= 15 is 0 Å².